The zero-order chi connectivity index (χ0) is 22.5. The molecule has 3 heterocycles. The molecule has 8 nitrogen and oxygen atoms in total. The van der Waals surface area contributed by atoms with Gasteiger partial charge in [-0.05, 0) is 39.2 Å². The molecule has 2 amide bonds. The first-order chi connectivity index (χ1) is 15.5. The lowest BCUT2D eigenvalue weighted by molar-refractivity contribution is -0.134. The van der Waals surface area contributed by atoms with Gasteiger partial charge >= 0.3 is 0 Å². The average Bonchev–Trinajstić information content (AvgIpc) is 3.15. The molecule has 0 bridgehead atoms. The second kappa shape index (κ2) is 10.5. The van der Waals surface area contributed by atoms with Crippen LogP contribution in [0, 0.1) is 0 Å². The van der Waals surface area contributed by atoms with Crippen molar-refractivity contribution < 1.29 is 19.1 Å². The first-order valence-electron chi connectivity index (χ1n) is 12.0. The molecule has 4 rings (SSSR count). The van der Waals surface area contributed by atoms with Crippen molar-refractivity contribution in [1.29, 1.82) is 0 Å². The SMILES string of the molecule is CCOc1cc2c(cc1NC(=O)CN1CCN(CC(=O)N3CCCCC3)CC1)O[C@H](C)C2. The van der Waals surface area contributed by atoms with Gasteiger partial charge in [-0.2, -0.15) is 0 Å². The van der Waals surface area contributed by atoms with E-state index in [-0.39, 0.29) is 17.9 Å². The number of likely N-dealkylation sites (tertiary alicyclic amines) is 1. The van der Waals surface area contributed by atoms with Crippen LogP contribution in [0.5, 0.6) is 11.5 Å². The predicted octanol–water partition coefficient (Wildman–Crippen LogP) is 1.98. The molecule has 2 fully saturated rings. The largest absolute Gasteiger partial charge is 0.492 e. The van der Waals surface area contributed by atoms with Crippen LogP contribution in [-0.4, -0.2) is 91.6 Å². The maximum atomic E-state index is 12.7. The fraction of sp³-hybridized carbons (Fsp3) is 0.667. The Morgan fingerprint density at radius 1 is 1.03 bits per heavy atom. The molecule has 0 saturated carbocycles. The van der Waals surface area contributed by atoms with E-state index in [1.54, 1.807) is 0 Å². The summed E-state index contributed by atoms with van der Waals surface area (Å²) in [5.74, 6) is 1.70. The highest BCUT2D eigenvalue weighted by Crippen LogP contribution is 2.38. The van der Waals surface area contributed by atoms with Gasteiger partial charge < -0.3 is 19.7 Å². The molecule has 0 radical (unpaired) electrons. The molecule has 8 heteroatoms. The Hall–Kier alpha value is -2.32. The average molecular weight is 445 g/mol. The van der Waals surface area contributed by atoms with Crippen LogP contribution < -0.4 is 14.8 Å². The molecule has 1 aromatic rings. The van der Waals surface area contributed by atoms with Gasteiger partial charge in [0, 0.05) is 57.3 Å². The number of piperidine rings is 1. The number of amides is 2. The summed E-state index contributed by atoms with van der Waals surface area (Å²) in [7, 11) is 0. The number of hydrogen-bond donors (Lipinski definition) is 1. The Morgan fingerprint density at radius 3 is 2.41 bits per heavy atom. The van der Waals surface area contributed by atoms with E-state index >= 15 is 0 Å². The molecule has 0 unspecified atom stereocenters. The number of benzene rings is 1. The van der Waals surface area contributed by atoms with Gasteiger partial charge in [-0.1, -0.05) is 0 Å². The Bertz CT molecular complexity index is 816. The topological polar surface area (TPSA) is 74.4 Å². The summed E-state index contributed by atoms with van der Waals surface area (Å²) in [6.45, 7) is 10.3. The van der Waals surface area contributed by atoms with E-state index in [2.05, 4.69) is 15.1 Å². The molecular weight excluding hydrogens is 408 g/mol. The van der Waals surface area contributed by atoms with E-state index in [1.807, 2.05) is 30.9 Å². The van der Waals surface area contributed by atoms with Crippen molar-refractivity contribution in [3.05, 3.63) is 17.7 Å². The molecule has 1 aromatic carbocycles. The van der Waals surface area contributed by atoms with E-state index in [0.29, 0.717) is 31.1 Å². The van der Waals surface area contributed by atoms with E-state index in [4.69, 9.17) is 9.47 Å². The maximum absolute atomic E-state index is 12.7. The van der Waals surface area contributed by atoms with Crippen LogP contribution in [0.15, 0.2) is 12.1 Å². The molecule has 0 aliphatic carbocycles. The summed E-state index contributed by atoms with van der Waals surface area (Å²) >= 11 is 0. The van der Waals surface area contributed by atoms with Gasteiger partial charge in [-0.25, -0.2) is 0 Å². The summed E-state index contributed by atoms with van der Waals surface area (Å²) in [4.78, 5) is 31.6. The number of fused-ring (bicyclic) bond motifs is 1. The molecule has 0 aromatic heterocycles. The number of nitrogens with zero attached hydrogens (tertiary/aromatic N) is 3. The zero-order valence-corrected chi connectivity index (χ0v) is 19.4. The molecule has 1 atom stereocenters. The van der Waals surface area contributed by atoms with Crippen molar-refractivity contribution in [2.75, 3.05) is 64.3 Å². The van der Waals surface area contributed by atoms with Crippen molar-refractivity contribution in [2.24, 2.45) is 0 Å². The molecule has 1 N–H and O–H groups in total. The molecule has 0 spiro atoms. The summed E-state index contributed by atoms with van der Waals surface area (Å²) in [5, 5.41) is 3.01. The molecule has 176 valence electrons. The van der Waals surface area contributed by atoms with Crippen LogP contribution in [0.3, 0.4) is 0 Å². The minimum absolute atomic E-state index is 0.0604. The summed E-state index contributed by atoms with van der Waals surface area (Å²) in [5.41, 5.74) is 1.78. The normalized spacial score (nSPS) is 21.7. The minimum atomic E-state index is -0.0604. The van der Waals surface area contributed by atoms with Crippen molar-refractivity contribution in [1.82, 2.24) is 14.7 Å². The number of nitrogens with one attached hydrogen (secondary N) is 1. The van der Waals surface area contributed by atoms with Crippen LogP contribution in [0.1, 0.15) is 38.7 Å². The third kappa shape index (κ3) is 5.72. The molecule has 3 aliphatic rings. The summed E-state index contributed by atoms with van der Waals surface area (Å²) in [6, 6.07) is 3.86. The van der Waals surface area contributed by atoms with Gasteiger partial charge in [-0.3, -0.25) is 19.4 Å². The third-order valence-electron chi connectivity index (χ3n) is 6.47. The van der Waals surface area contributed by atoms with Crippen molar-refractivity contribution in [3.8, 4) is 11.5 Å². The molecular formula is C24H36N4O4. The van der Waals surface area contributed by atoms with E-state index in [0.717, 1.165) is 69.8 Å². The number of carbonyl (C=O) groups excluding carboxylic acids is 2. The first-order valence-corrected chi connectivity index (χ1v) is 12.0. The lowest BCUT2D eigenvalue weighted by Gasteiger charge is -2.35. The van der Waals surface area contributed by atoms with Gasteiger partial charge in [0.05, 0.1) is 25.4 Å². The summed E-state index contributed by atoms with van der Waals surface area (Å²) < 4.78 is 11.6. The molecule has 2 saturated heterocycles. The first kappa shape index (κ1) is 22.9. The van der Waals surface area contributed by atoms with E-state index in [1.165, 1.54) is 6.42 Å². The van der Waals surface area contributed by atoms with Crippen LogP contribution in [0.4, 0.5) is 5.69 Å². The fourth-order valence-electron chi connectivity index (χ4n) is 4.74. The van der Waals surface area contributed by atoms with Crippen LogP contribution in [0.25, 0.3) is 0 Å². The van der Waals surface area contributed by atoms with Crippen molar-refractivity contribution in [2.45, 2.75) is 45.6 Å². The highest BCUT2D eigenvalue weighted by molar-refractivity contribution is 5.94. The minimum Gasteiger partial charge on any atom is -0.492 e. The van der Waals surface area contributed by atoms with Gasteiger partial charge in [0.15, 0.2) is 0 Å². The number of piperazine rings is 1. The highest BCUT2D eigenvalue weighted by Gasteiger charge is 2.25. The Kier molecular flexibility index (Phi) is 7.52. The number of ether oxygens (including phenoxy) is 2. The molecule has 32 heavy (non-hydrogen) atoms. The Balaban J connectivity index is 1.26. The monoisotopic (exact) mass is 444 g/mol. The van der Waals surface area contributed by atoms with Crippen molar-refractivity contribution >= 4 is 17.5 Å². The van der Waals surface area contributed by atoms with Gasteiger partial charge in [0.2, 0.25) is 11.8 Å². The maximum Gasteiger partial charge on any atom is 0.238 e. The number of hydrogen-bond acceptors (Lipinski definition) is 6. The number of rotatable bonds is 7. The van der Waals surface area contributed by atoms with Gasteiger partial charge in [-0.15, -0.1) is 0 Å². The predicted molar refractivity (Wildman–Crippen MR) is 123 cm³/mol. The van der Waals surface area contributed by atoms with Crippen molar-refractivity contribution in [3.63, 3.8) is 0 Å². The lowest BCUT2D eigenvalue weighted by atomic mass is 10.1. The third-order valence-corrected chi connectivity index (χ3v) is 6.47. The second-order valence-electron chi connectivity index (χ2n) is 9.06. The van der Waals surface area contributed by atoms with Gasteiger partial charge in [0.25, 0.3) is 0 Å². The van der Waals surface area contributed by atoms with E-state index < -0.39 is 0 Å². The van der Waals surface area contributed by atoms with Gasteiger partial charge in [0.1, 0.15) is 17.6 Å². The Morgan fingerprint density at radius 2 is 1.72 bits per heavy atom. The van der Waals surface area contributed by atoms with Crippen LogP contribution >= 0.6 is 0 Å². The number of carbonyl (C=O) groups is 2. The second-order valence-corrected chi connectivity index (χ2v) is 9.06. The fourth-order valence-corrected chi connectivity index (χ4v) is 4.74. The standard InChI is InChI=1S/C24H36N4O4/c1-3-31-22-14-19-13-18(2)32-21(19)15-20(22)25-23(29)16-26-9-11-27(12-10-26)17-24(30)28-7-5-4-6-8-28/h14-15,18H,3-13,16-17H2,1-2H3,(H,25,29)/t18-/m1/s1. The Labute approximate surface area is 190 Å². The quantitative estimate of drug-likeness (QED) is 0.693. The smallest absolute Gasteiger partial charge is 0.238 e. The number of anilines is 1. The molecule has 3 aliphatic heterocycles. The van der Waals surface area contributed by atoms with Crippen LogP contribution in [-0.2, 0) is 16.0 Å². The van der Waals surface area contributed by atoms with E-state index in [9.17, 15) is 9.59 Å². The summed E-state index contributed by atoms with van der Waals surface area (Å²) in [6.07, 6.45) is 4.47. The zero-order valence-electron chi connectivity index (χ0n) is 19.4. The lowest BCUT2D eigenvalue weighted by Crippen LogP contribution is -2.51. The highest BCUT2D eigenvalue weighted by atomic mass is 16.5. The van der Waals surface area contributed by atoms with Crippen LogP contribution in [0.2, 0.25) is 0 Å².